The summed E-state index contributed by atoms with van der Waals surface area (Å²) in [6, 6.07) is 9.26. The summed E-state index contributed by atoms with van der Waals surface area (Å²) >= 11 is 0. The lowest BCUT2D eigenvalue weighted by Crippen LogP contribution is -2.25. The van der Waals surface area contributed by atoms with Crippen molar-refractivity contribution in [3.8, 4) is 30.3 Å². The molecular formula is C15H10BN5. The van der Waals surface area contributed by atoms with Gasteiger partial charge in [-0.15, -0.1) is 0 Å². The van der Waals surface area contributed by atoms with Gasteiger partial charge >= 0.3 is 0 Å². The Morgan fingerprint density at radius 1 is 0.762 bits per heavy atom. The lowest BCUT2D eigenvalue weighted by Gasteiger charge is -2.27. The van der Waals surface area contributed by atoms with Gasteiger partial charge in [-0.05, 0) is 10.9 Å². The molecule has 1 unspecified atom stereocenters. The van der Waals surface area contributed by atoms with Gasteiger partial charge in [0.05, 0.1) is 27.8 Å². The molecule has 0 aromatic heterocycles. The lowest BCUT2D eigenvalue weighted by molar-refractivity contribution is 0.644. The summed E-state index contributed by atoms with van der Waals surface area (Å²) in [5, 5.41) is 45.9. The minimum atomic E-state index is -0.568. The third-order valence-corrected chi connectivity index (χ3v) is 3.62. The van der Waals surface area contributed by atoms with Crippen LogP contribution in [0.3, 0.4) is 0 Å². The van der Waals surface area contributed by atoms with Crippen LogP contribution in [0.15, 0.2) is 0 Å². The van der Waals surface area contributed by atoms with E-state index in [1.54, 1.807) is 6.07 Å². The van der Waals surface area contributed by atoms with E-state index < -0.39 is 5.31 Å². The van der Waals surface area contributed by atoms with Gasteiger partial charge in [-0.25, -0.2) is 0 Å². The highest BCUT2D eigenvalue weighted by Gasteiger charge is 2.32. The van der Waals surface area contributed by atoms with Crippen LogP contribution in [-0.4, -0.2) is 7.85 Å². The van der Waals surface area contributed by atoms with Crippen LogP contribution in [0.5, 0.6) is 0 Å². The molecule has 1 rings (SSSR count). The maximum Gasteiger partial charge on any atom is 0.114 e. The van der Waals surface area contributed by atoms with Gasteiger partial charge in [-0.3, -0.25) is 0 Å². The third kappa shape index (κ3) is 2.30. The predicted molar refractivity (Wildman–Crippen MR) is 76.2 cm³/mol. The Labute approximate surface area is 124 Å². The molecule has 21 heavy (non-hydrogen) atoms. The molecule has 0 fully saturated rings. The SMILES string of the molecule is BC(C)(CC)c1c(C#N)c(C#N)c(C#N)c(C#N)c1C#N. The molecule has 0 saturated carbocycles. The highest BCUT2D eigenvalue weighted by Crippen LogP contribution is 2.35. The number of hydrogen-bond acceptors (Lipinski definition) is 5. The van der Waals surface area contributed by atoms with Gasteiger partial charge in [-0.2, -0.15) is 26.3 Å². The number of benzene rings is 1. The first-order valence-corrected chi connectivity index (χ1v) is 6.18. The van der Waals surface area contributed by atoms with E-state index in [0.717, 1.165) is 0 Å². The molecule has 1 aromatic rings. The first kappa shape index (κ1) is 15.8. The van der Waals surface area contributed by atoms with Crippen LogP contribution in [0, 0.1) is 56.7 Å². The van der Waals surface area contributed by atoms with Crippen molar-refractivity contribution in [1.29, 1.82) is 26.3 Å². The molecular weight excluding hydrogens is 261 g/mol. The van der Waals surface area contributed by atoms with Crippen LogP contribution < -0.4 is 0 Å². The molecule has 0 amide bonds. The fraction of sp³-hybridized carbons (Fsp3) is 0.267. The van der Waals surface area contributed by atoms with Gasteiger partial charge in [0.25, 0.3) is 0 Å². The quantitative estimate of drug-likeness (QED) is 0.751. The van der Waals surface area contributed by atoms with Crippen molar-refractivity contribution in [2.45, 2.75) is 25.6 Å². The Bertz CT molecular complexity index is 764. The third-order valence-electron chi connectivity index (χ3n) is 3.62. The van der Waals surface area contributed by atoms with E-state index in [-0.39, 0.29) is 27.8 Å². The molecule has 1 atom stereocenters. The second-order valence-corrected chi connectivity index (χ2v) is 5.05. The maximum absolute atomic E-state index is 9.39. The van der Waals surface area contributed by atoms with Crippen LogP contribution in [0.1, 0.15) is 53.6 Å². The Morgan fingerprint density at radius 3 is 1.29 bits per heavy atom. The zero-order valence-corrected chi connectivity index (χ0v) is 11.9. The molecule has 0 radical (unpaired) electrons. The van der Waals surface area contributed by atoms with Gasteiger partial charge in [0.1, 0.15) is 38.2 Å². The second kappa shape index (κ2) is 5.80. The summed E-state index contributed by atoms with van der Waals surface area (Å²) in [7, 11) is 1.83. The van der Waals surface area contributed by atoms with Crippen molar-refractivity contribution in [3.05, 3.63) is 33.4 Å². The summed E-state index contributed by atoms with van der Waals surface area (Å²) in [4.78, 5) is 0. The van der Waals surface area contributed by atoms with Crippen LogP contribution in [0.2, 0.25) is 0 Å². The van der Waals surface area contributed by atoms with Crippen molar-refractivity contribution in [1.82, 2.24) is 0 Å². The lowest BCUT2D eigenvalue weighted by atomic mass is 9.60. The van der Waals surface area contributed by atoms with E-state index in [2.05, 4.69) is 0 Å². The van der Waals surface area contributed by atoms with Crippen molar-refractivity contribution in [2.75, 3.05) is 0 Å². The van der Waals surface area contributed by atoms with Gasteiger partial charge in [-0.1, -0.05) is 20.3 Å². The van der Waals surface area contributed by atoms with E-state index in [1.165, 1.54) is 0 Å². The van der Waals surface area contributed by atoms with Crippen molar-refractivity contribution >= 4 is 7.85 Å². The predicted octanol–water partition coefficient (Wildman–Crippen LogP) is 1.30. The van der Waals surface area contributed by atoms with Crippen LogP contribution >= 0.6 is 0 Å². The zero-order chi connectivity index (χ0) is 16.2. The second-order valence-electron chi connectivity index (χ2n) is 5.05. The highest BCUT2D eigenvalue weighted by atomic mass is 14.4. The minimum Gasteiger partial charge on any atom is -0.192 e. The Balaban J connectivity index is 4.24. The molecule has 5 nitrogen and oxygen atoms in total. The van der Waals surface area contributed by atoms with Crippen LogP contribution in [0.4, 0.5) is 0 Å². The molecule has 0 spiro atoms. The molecule has 0 aliphatic carbocycles. The molecule has 0 heterocycles. The van der Waals surface area contributed by atoms with Gasteiger partial charge in [0, 0.05) is 0 Å². The molecule has 0 N–H and O–H groups in total. The Hall–Kier alpha value is -3.27. The summed E-state index contributed by atoms with van der Waals surface area (Å²) in [6.07, 6.45) is 0.609. The number of hydrogen-bond donors (Lipinski definition) is 0. The van der Waals surface area contributed by atoms with E-state index in [9.17, 15) is 26.3 Å². The standard InChI is InChI=1S/C15H10BN5/c1-3-15(2,16)14-12(7-20)10(5-18)9(4-17)11(6-19)13(14)8-21/h3,16H2,1-2H3. The van der Waals surface area contributed by atoms with Crippen LogP contribution in [0.25, 0.3) is 0 Å². The van der Waals surface area contributed by atoms with Crippen molar-refractivity contribution in [3.63, 3.8) is 0 Å². The highest BCUT2D eigenvalue weighted by molar-refractivity contribution is 6.16. The van der Waals surface area contributed by atoms with E-state index in [4.69, 9.17) is 0 Å². The summed E-state index contributed by atoms with van der Waals surface area (Å²) in [5.41, 5.74) is -0.0853. The van der Waals surface area contributed by atoms with Gasteiger partial charge in [0.2, 0.25) is 0 Å². The molecule has 98 valence electrons. The summed E-state index contributed by atoms with van der Waals surface area (Å²) in [6.45, 7) is 3.72. The minimum absolute atomic E-state index is 0.0106. The number of rotatable bonds is 2. The molecule has 6 heteroatoms. The molecule has 0 saturated heterocycles. The number of nitriles is 5. The molecule has 1 aromatic carbocycles. The van der Waals surface area contributed by atoms with Crippen LogP contribution in [-0.2, 0) is 5.31 Å². The fourth-order valence-corrected chi connectivity index (χ4v) is 2.16. The average molecular weight is 271 g/mol. The average Bonchev–Trinajstić information content (AvgIpc) is 2.51. The van der Waals surface area contributed by atoms with E-state index >= 15 is 0 Å². The van der Waals surface area contributed by atoms with Crippen molar-refractivity contribution in [2.24, 2.45) is 0 Å². The van der Waals surface area contributed by atoms with Crippen molar-refractivity contribution < 1.29 is 0 Å². The summed E-state index contributed by atoms with van der Waals surface area (Å²) < 4.78 is 0. The first-order chi connectivity index (χ1) is 9.93. The molecule has 0 bridgehead atoms. The van der Waals surface area contributed by atoms with E-state index in [1.807, 2.05) is 46.0 Å². The largest absolute Gasteiger partial charge is 0.192 e. The molecule has 0 aliphatic heterocycles. The van der Waals surface area contributed by atoms with Gasteiger partial charge in [0.15, 0.2) is 0 Å². The normalized spacial score (nSPS) is 11.9. The Kier molecular flexibility index (Phi) is 4.36. The molecule has 0 aliphatic rings. The first-order valence-electron chi connectivity index (χ1n) is 6.18. The fourth-order valence-electron chi connectivity index (χ4n) is 2.16. The monoisotopic (exact) mass is 271 g/mol. The maximum atomic E-state index is 9.39. The Morgan fingerprint density at radius 2 is 1.05 bits per heavy atom. The smallest absolute Gasteiger partial charge is 0.114 e. The summed E-state index contributed by atoms with van der Waals surface area (Å²) in [5.74, 6) is 0. The number of nitrogens with zero attached hydrogens (tertiary/aromatic N) is 5. The van der Waals surface area contributed by atoms with Gasteiger partial charge < -0.3 is 0 Å². The topological polar surface area (TPSA) is 119 Å². The zero-order valence-electron chi connectivity index (χ0n) is 11.9. The van der Waals surface area contributed by atoms with E-state index in [0.29, 0.717) is 12.0 Å².